The minimum atomic E-state index is -4.43. The van der Waals surface area contributed by atoms with Crippen molar-refractivity contribution in [2.24, 2.45) is 0 Å². The average Bonchev–Trinajstić information content (AvgIpc) is 2.40. The van der Waals surface area contributed by atoms with Crippen LogP contribution in [-0.4, -0.2) is 8.42 Å². The summed E-state index contributed by atoms with van der Waals surface area (Å²) in [4.78, 5) is -0.202. The minimum absolute atomic E-state index is 0.00480. The van der Waals surface area contributed by atoms with Gasteiger partial charge in [-0.1, -0.05) is 17.7 Å². The maximum absolute atomic E-state index is 13.6. The highest BCUT2D eigenvalue weighted by Gasteiger charge is 2.26. The fourth-order valence-corrected chi connectivity index (χ4v) is 3.95. The lowest BCUT2D eigenvalue weighted by Crippen LogP contribution is -2.18. The number of anilines is 1. The van der Waals surface area contributed by atoms with Gasteiger partial charge in [-0.15, -0.1) is 0 Å². The summed E-state index contributed by atoms with van der Waals surface area (Å²) >= 11 is 0. The van der Waals surface area contributed by atoms with Gasteiger partial charge in [0.1, 0.15) is 5.69 Å². The van der Waals surface area contributed by atoms with E-state index in [0.29, 0.717) is 11.1 Å². The molecule has 0 aliphatic heterocycles. The molecule has 2 rings (SSSR count). The molecule has 0 fully saturated rings. The molecule has 1 N–H and O–H groups in total. The molecule has 0 radical (unpaired) electrons. The molecule has 2 aromatic rings. The Hall–Kier alpha value is -2.09. The second kappa shape index (κ2) is 5.84. The standard InChI is InChI=1S/C15H13F4NO2S/c1-7-4-8(2)15(9(3)5-7)23(21,22)20-14-12(18)10(16)6-11(17)13(14)19/h4-6,20H,1-3H3. The summed E-state index contributed by atoms with van der Waals surface area (Å²) in [6, 6.07) is 3.14. The number of hydrogen-bond donors (Lipinski definition) is 1. The van der Waals surface area contributed by atoms with Crippen LogP contribution in [0.15, 0.2) is 23.1 Å². The quantitative estimate of drug-likeness (QED) is 0.675. The molecule has 0 atom stereocenters. The molecule has 3 nitrogen and oxygen atoms in total. The molecule has 0 spiro atoms. The third-order valence-corrected chi connectivity index (χ3v) is 4.88. The third kappa shape index (κ3) is 3.17. The van der Waals surface area contributed by atoms with E-state index in [9.17, 15) is 26.0 Å². The first kappa shape index (κ1) is 17.3. The molecule has 0 aliphatic rings. The molecule has 0 saturated carbocycles. The van der Waals surface area contributed by atoms with Crippen molar-refractivity contribution in [3.63, 3.8) is 0 Å². The highest BCUT2D eigenvalue weighted by atomic mass is 32.2. The van der Waals surface area contributed by atoms with Crippen molar-refractivity contribution >= 4 is 15.7 Å². The van der Waals surface area contributed by atoms with Gasteiger partial charge < -0.3 is 0 Å². The van der Waals surface area contributed by atoms with Crippen LogP contribution in [0.4, 0.5) is 23.2 Å². The Balaban J connectivity index is 2.61. The Labute approximate surface area is 131 Å². The average molecular weight is 347 g/mol. The number of benzene rings is 2. The predicted octanol–water partition coefficient (Wildman–Crippen LogP) is 3.97. The predicted molar refractivity (Wildman–Crippen MR) is 77.7 cm³/mol. The van der Waals surface area contributed by atoms with Gasteiger partial charge in [-0.05, 0) is 31.9 Å². The molecule has 0 heterocycles. The summed E-state index contributed by atoms with van der Waals surface area (Å²) in [5.74, 6) is -7.01. The number of nitrogens with one attached hydrogen (secondary N) is 1. The maximum Gasteiger partial charge on any atom is 0.262 e. The minimum Gasteiger partial charge on any atom is -0.274 e. The van der Waals surface area contributed by atoms with Crippen molar-refractivity contribution < 1.29 is 26.0 Å². The zero-order valence-corrected chi connectivity index (χ0v) is 13.3. The largest absolute Gasteiger partial charge is 0.274 e. The van der Waals surface area contributed by atoms with Crippen LogP contribution in [0.3, 0.4) is 0 Å². The second-order valence-electron chi connectivity index (χ2n) is 5.18. The van der Waals surface area contributed by atoms with Crippen molar-refractivity contribution in [3.05, 3.63) is 58.2 Å². The van der Waals surface area contributed by atoms with Crippen LogP contribution >= 0.6 is 0 Å². The van der Waals surface area contributed by atoms with Crippen LogP contribution in [-0.2, 0) is 10.0 Å². The van der Waals surface area contributed by atoms with Crippen LogP contribution in [0.5, 0.6) is 0 Å². The van der Waals surface area contributed by atoms with Gasteiger partial charge in [0.25, 0.3) is 10.0 Å². The van der Waals surface area contributed by atoms with Crippen LogP contribution in [0.1, 0.15) is 16.7 Å². The Morgan fingerprint density at radius 2 is 1.26 bits per heavy atom. The number of rotatable bonds is 3. The van der Waals surface area contributed by atoms with Gasteiger partial charge in [0.2, 0.25) is 0 Å². The number of aryl methyl sites for hydroxylation is 3. The molecule has 0 saturated heterocycles. The Bertz CT molecular complexity index is 846. The Morgan fingerprint density at radius 3 is 1.70 bits per heavy atom. The van der Waals surface area contributed by atoms with Crippen LogP contribution in [0.2, 0.25) is 0 Å². The third-order valence-electron chi connectivity index (χ3n) is 3.22. The van der Waals surface area contributed by atoms with E-state index in [1.807, 2.05) is 0 Å². The molecule has 23 heavy (non-hydrogen) atoms. The summed E-state index contributed by atoms with van der Waals surface area (Å²) in [7, 11) is -4.43. The van der Waals surface area contributed by atoms with E-state index in [-0.39, 0.29) is 11.0 Å². The van der Waals surface area contributed by atoms with Crippen LogP contribution in [0.25, 0.3) is 0 Å². The summed E-state index contributed by atoms with van der Waals surface area (Å²) in [5.41, 5.74) is 0.0929. The lowest BCUT2D eigenvalue weighted by Gasteiger charge is -2.15. The first-order valence-electron chi connectivity index (χ1n) is 6.48. The van der Waals surface area contributed by atoms with E-state index in [1.54, 1.807) is 23.8 Å². The lowest BCUT2D eigenvalue weighted by atomic mass is 10.1. The van der Waals surface area contributed by atoms with E-state index in [4.69, 9.17) is 0 Å². The van der Waals surface area contributed by atoms with Gasteiger partial charge in [-0.2, -0.15) is 0 Å². The molecular formula is C15H13F4NO2S. The zero-order chi connectivity index (χ0) is 17.5. The fraction of sp³-hybridized carbons (Fsp3) is 0.200. The Kier molecular flexibility index (Phi) is 4.39. The van der Waals surface area contributed by atoms with Gasteiger partial charge in [-0.25, -0.2) is 26.0 Å². The van der Waals surface area contributed by atoms with E-state index in [1.165, 1.54) is 13.8 Å². The molecule has 124 valence electrons. The number of sulfonamides is 1. The van der Waals surface area contributed by atoms with Crippen LogP contribution in [0, 0.1) is 44.0 Å². The van der Waals surface area contributed by atoms with Crippen LogP contribution < -0.4 is 4.72 Å². The molecule has 0 bridgehead atoms. The molecular weight excluding hydrogens is 334 g/mol. The number of hydrogen-bond acceptors (Lipinski definition) is 2. The molecule has 8 heteroatoms. The summed E-state index contributed by atoms with van der Waals surface area (Å²) in [6.45, 7) is 4.77. The lowest BCUT2D eigenvalue weighted by molar-refractivity contribution is 0.459. The monoisotopic (exact) mass is 347 g/mol. The van der Waals surface area contributed by atoms with Crippen molar-refractivity contribution in [1.82, 2.24) is 0 Å². The topological polar surface area (TPSA) is 46.2 Å². The van der Waals surface area contributed by atoms with Gasteiger partial charge in [-0.3, -0.25) is 4.72 Å². The van der Waals surface area contributed by atoms with E-state index in [2.05, 4.69) is 0 Å². The highest BCUT2D eigenvalue weighted by molar-refractivity contribution is 7.92. The van der Waals surface area contributed by atoms with E-state index < -0.39 is 39.0 Å². The first-order valence-corrected chi connectivity index (χ1v) is 7.96. The maximum atomic E-state index is 13.6. The van der Waals surface area contributed by atoms with Gasteiger partial charge >= 0.3 is 0 Å². The fourth-order valence-electron chi connectivity index (χ4n) is 2.44. The van der Waals surface area contributed by atoms with Gasteiger partial charge in [0.05, 0.1) is 4.90 Å². The Morgan fingerprint density at radius 1 is 0.826 bits per heavy atom. The van der Waals surface area contributed by atoms with Gasteiger partial charge in [0.15, 0.2) is 23.3 Å². The molecule has 2 aromatic carbocycles. The second-order valence-corrected chi connectivity index (χ2v) is 6.80. The SMILES string of the molecule is Cc1cc(C)c(S(=O)(=O)Nc2c(F)c(F)cc(F)c2F)c(C)c1. The summed E-state index contributed by atoms with van der Waals surface area (Å²) in [5, 5.41) is 0. The molecule has 0 amide bonds. The van der Waals surface area contributed by atoms with E-state index in [0.717, 1.165) is 5.56 Å². The van der Waals surface area contributed by atoms with Crippen molar-refractivity contribution in [3.8, 4) is 0 Å². The molecule has 0 aliphatic carbocycles. The van der Waals surface area contributed by atoms with Gasteiger partial charge in [0, 0.05) is 6.07 Å². The van der Waals surface area contributed by atoms with Crippen molar-refractivity contribution in [2.75, 3.05) is 4.72 Å². The van der Waals surface area contributed by atoms with Crippen molar-refractivity contribution in [2.45, 2.75) is 25.7 Å². The summed E-state index contributed by atoms with van der Waals surface area (Å²) < 4.78 is 80.1. The first-order chi connectivity index (χ1) is 10.5. The number of halogens is 4. The summed E-state index contributed by atoms with van der Waals surface area (Å²) in [6.07, 6.45) is 0. The molecule has 0 aromatic heterocycles. The zero-order valence-electron chi connectivity index (χ0n) is 12.5. The molecule has 0 unspecified atom stereocenters. The highest BCUT2D eigenvalue weighted by Crippen LogP contribution is 2.29. The normalized spacial score (nSPS) is 11.6. The van der Waals surface area contributed by atoms with Crippen molar-refractivity contribution in [1.29, 1.82) is 0 Å². The van der Waals surface area contributed by atoms with E-state index >= 15 is 0 Å². The smallest absolute Gasteiger partial charge is 0.262 e.